The van der Waals surface area contributed by atoms with E-state index in [2.05, 4.69) is 28.9 Å². The predicted molar refractivity (Wildman–Crippen MR) is 63.0 cm³/mol. The van der Waals surface area contributed by atoms with Crippen LogP contribution in [0.5, 0.6) is 0 Å². The van der Waals surface area contributed by atoms with E-state index in [9.17, 15) is 0 Å². The zero-order valence-electron chi connectivity index (χ0n) is 9.48. The fourth-order valence-corrected chi connectivity index (χ4v) is 1.92. The molecule has 0 aromatic carbocycles. The molecule has 0 spiro atoms. The molecule has 0 N–H and O–H groups in total. The third-order valence-electron chi connectivity index (χ3n) is 2.33. The summed E-state index contributed by atoms with van der Waals surface area (Å²) in [6.07, 6.45) is 3.33. The van der Waals surface area contributed by atoms with Crippen molar-refractivity contribution in [3.8, 4) is 5.82 Å². The average Bonchev–Trinajstić information content (AvgIpc) is 2.63. The topological polar surface area (TPSA) is 43.6 Å². The number of aryl methyl sites for hydroxylation is 1. The van der Waals surface area contributed by atoms with Crippen molar-refractivity contribution in [2.45, 2.75) is 26.7 Å². The van der Waals surface area contributed by atoms with Crippen LogP contribution in [-0.2, 0) is 0 Å². The van der Waals surface area contributed by atoms with Gasteiger partial charge in [-0.1, -0.05) is 25.4 Å². The van der Waals surface area contributed by atoms with Gasteiger partial charge in [-0.05, 0) is 18.9 Å². The monoisotopic (exact) mass is 236 g/mol. The second-order valence-electron chi connectivity index (χ2n) is 3.96. The Hall–Kier alpha value is -1.42. The Labute approximate surface area is 99.3 Å². The Morgan fingerprint density at radius 3 is 2.62 bits per heavy atom. The van der Waals surface area contributed by atoms with Crippen molar-refractivity contribution in [1.82, 2.24) is 19.7 Å². The van der Waals surface area contributed by atoms with Gasteiger partial charge in [0, 0.05) is 11.8 Å². The van der Waals surface area contributed by atoms with Crippen LogP contribution in [-0.4, -0.2) is 19.7 Å². The van der Waals surface area contributed by atoms with E-state index in [1.165, 1.54) is 6.33 Å². The summed E-state index contributed by atoms with van der Waals surface area (Å²) in [5.41, 5.74) is 1.87. The van der Waals surface area contributed by atoms with Gasteiger partial charge in [-0.15, -0.1) is 0 Å². The maximum atomic E-state index is 6.09. The molecule has 5 heteroatoms. The first kappa shape index (κ1) is 11.1. The summed E-state index contributed by atoms with van der Waals surface area (Å²) in [6.45, 7) is 6.06. The molecule has 0 bridgehead atoms. The molecule has 2 aromatic heterocycles. The van der Waals surface area contributed by atoms with E-state index in [1.54, 1.807) is 4.68 Å². The smallest absolute Gasteiger partial charge is 0.161 e. The largest absolute Gasteiger partial charge is 0.224 e. The Kier molecular flexibility index (Phi) is 2.92. The molecule has 0 atom stereocenters. The van der Waals surface area contributed by atoms with Crippen LogP contribution >= 0.6 is 11.6 Å². The van der Waals surface area contributed by atoms with Gasteiger partial charge in [0.15, 0.2) is 5.82 Å². The molecule has 0 saturated carbocycles. The highest BCUT2D eigenvalue weighted by molar-refractivity contribution is 6.30. The summed E-state index contributed by atoms with van der Waals surface area (Å²) in [6, 6.07) is 1.93. The summed E-state index contributed by atoms with van der Waals surface area (Å²) >= 11 is 6.09. The lowest BCUT2D eigenvalue weighted by atomic mass is 10.1. The van der Waals surface area contributed by atoms with Crippen LogP contribution in [0.3, 0.4) is 0 Å². The highest BCUT2D eigenvalue weighted by Crippen LogP contribution is 2.26. The van der Waals surface area contributed by atoms with Gasteiger partial charge < -0.3 is 0 Å². The van der Waals surface area contributed by atoms with Crippen molar-refractivity contribution in [2.24, 2.45) is 0 Å². The molecule has 2 aromatic rings. The quantitative estimate of drug-likeness (QED) is 0.753. The molecule has 0 saturated heterocycles. The molecular formula is C11H13ClN4. The molecule has 2 rings (SSSR count). The molecule has 4 nitrogen and oxygen atoms in total. The third-order valence-corrected chi connectivity index (χ3v) is 2.63. The van der Waals surface area contributed by atoms with E-state index < -0.39 is 0 Å². The van der Waals surface area contributed by atoms with Crippen LogP contribution in [0.25, 0.3) is 5.82 Å². The van der Waals surface area contributed by atoms with Gasteiger partial charge in [0.25, 0.3) is 0 Å². The molecule has 0 fully saturated rings. The fraction of sp³-hybridized carbons (Fsp3) is 0.364. The summed E-state index contributed by atoms with van der Waals surface area (Å²) < 4.78 is 1.73. The molecule has 0 aliphatic heterocycles. The lowest BCUT2D eigenvalue weighted by molar-refractivity contribution is 0.767. The molecular weight excluding hydrogens is 224 g/mol. The number of aromatic nitrogens is 4. The summed E-state index contributed by atoms with van der Waals surface area (Å²) in [5.74, 6) is 1.01. The van der Waals surface area contributed by atoms with E-state index in [0.717, 1.165) is 17.1 Å². The molecule has 0 amide bonds. The van der Waals surface area contributed by atoms with Gasteiger partial charge in [0.05, 0.1) is 5.69 Å². The van der Waals surface area contributed by atoms with Gasteiger partial charge >= 0.3 is 0 Å². The van der Waals surface area contributed by atoms with E-state index in [1.807, 2.05) is 19.2 Å². The van der Waals surface area contributed by atoms with Crippen LogP contribution in [0.1, 0.15) is 31.0 Å². The first-order valence-electron chi connectivity index (χ1n) is 5.12. The minimum absolute atomic E-state index is 0.258. The molecule has 0 unspecified atom stereocenters. The lowest BCUT2D eigenvalue weighted by Crippen LogP contribution is -2.06. The lowest BCUT2D eigenvalue weighted by Gasteiger charge is -2.12. The molecule has 0 aliphatic carbocycles. The number of halogens is 1. The highest BCUT2D eigenvalue weighted by Gasteiger charge is 2.15. The minimum Gasteiger partial charge on any atom is -0.224 e. The standard InChI is InChI=1S/C11H13ClN4/c1-7(2)9-10(12)13-6-14-11(9)16-5-4-8(3)15-16/h4-7H,1-3H3. The van der Waals surface area contributed by atoms with E-state index >= 15 is 0 Å². The first-order valence-corrected chi connectivity index (χ1v) is 5.50. The third kappa shape index (κ3) is 1.93. The Bertz CT molecular complexity index is 504. The van der Waals surface area contributed by atoms with E-state index in [0.29, 0.717) is 5.15 Å². The van der Waals surface area contributed by atoms with Crippen LogP contribution < -0.4 is 0 Å². The summed E-state index contributed by atoms with van der Waals surface area (Å²) in [5, 5.41) is 4.83. The van der Waals surface area contributed by atoms with Crippen LogP contribution in [0.4, 0.5) is 0 Å². The normalized spacial score (nSPS) is 11.1. The number of hydrogen-bond acceptors (Lipinski definition) is 3. The Balaban J connectivity index is 2.60. The maximum Gasteiger partial charge on any atom is 0.161 e. The SMILES string of the molecule is Cc1ccn(-c2ncnc(Cl)c2C(C)C)n1. The average molecular weight is 237 g/mol. The number of rotatable bonds is 2. The van der Waals surface area contributed by atoms with Crippen LogP contribution in [0, 0.1) is 6.92 Å². The van der Waals surface area contributed by atoms with E-state index in [-0.39, 0.29) is 5.92 Å². The van der Waals surface area contributed by atoms with Gasteiger partial charge in [-0.2, -0.15) is 5.10 Å². The van der Waals surface area contributed by atoms with E-state index in [4.69, 9.17) is 11.6 Å². The highest BCUT2D eigenvalue weighted by atomic mass is 35.5. The molecule has 16 heavy (non-hydrogen) atoms. The predicted octanol–water partition coefficient (Wildman–Crippen LogP) is 2.75. The van der Waals surface area contributed by atoms with Gasteiger partial charge in [0.2, 0.25) is 0 Å². The van der Waals surface area contributed by atoms with Crippen molar-refractivity contribution in [3.05, 3.63) is 35.0 Å². The summed E-state index contributed by atoms with van der Waals surface area (Å²) in [7, 11) is 0. The summed E-state index contributed by atoms with van der Waals surface area (Å²) in [4.78, 5) is 8.26. The second kappa shape index (κ2) is 4.22. The van der Waals surface area contributed by atoms with Crippen molar-refractivity contribution in [3.63, 3.8) is 0 Å². The maximum absolute atomic E-state index is 6.09. The van der Waals surface area contributed by atoms with Crippen molar-refractivity contribution in [1.29, 1.82) is 0 Å². The van der Waals surface area contributed by atoms with Crippen molar-refractivity contribution >= 4 is 11.6 Å². The molecule has 2 heterocycles. The zero-order chi connectivity index (χ0) is 11.7. The Morgan fingerprint density at radius 1 is 1.31 bits per heavy atom. The van der Waals surface area contributed by atoms with Gasteiger partial charge in [-0.25, -0.2) is 14.6 Å². The van der Waals surface area contributed by atoms with Crippen molar-refractivity contribution in [2.75, 3.05) is 0 Å². The van der Waals surface area contributed by atoms with Gasteiger partial charge in [-0.3, -0.25) is 0 Å². The Morgan fingerprint density at radius 2 is 2.06 bits per heavy atom. The number of hydrogen-bond donors (Lipinski definition) is 0. The van der Waals surface area contributed by atoms with Crippen molar-refractivity contribution < 1.29 is 0 Å². The zero-order valence-corrected chi connectivity index (χ0v) is 10.2. The molecule has 0 aliphatic rings. The van der Waals surface area contributed by atoms with Crippen LogP contribution in [0.2, 0.25) is 5.15 Å². The second-order valence-corrected chi connectivity index (χ2v) is 4.32. The first-order chi connectivity index (χ1) is 7.59. The molecule has 0 radical (unpaired) electrons. The van der Waals surface area contributed by atoms with Gasteiger partial charge in [0.1, 0.15) is 11.5 Å². The fourth-order valence-electron chi connectivity index (χ4n) is 1.58. The number of nitrogens with zero attached hydrogens (tertiary/aromatic N) is 4. The minimum atomic E-state index is 0.258. The van der Waals surface area contributed by atoms with Crippen LogP contribution in [0.15, 0.2) is 18.6 Å². The molecule has 84 valence electrons.